The average molecular weight is 464 g/mol. The number of rotatable bonds is 3. The van der Waals surface area contributed by atoms with Crippen LogP contribution in [-0.4, -0.2) is 18.0 Å². The molecular weight excluding hydrogens is 412 g/mol. The quantitative estimate of drug-likeness (QED) is 0.403. The lowest BCUT2D eigenvalue weighted by molar-refractivity contribution is 0.404. The van der Waals surface area contributed by atoms with Gasteiger partial charge in [-0.1, -0.05) is 78.2 Å². The highest BCUT2D eigenvalue weighted by Gasteiger charge is 2.22. The van der Waals surface area contributed by atoms with Crippen LogP contribution in [0.5, 0.6) is 0 Å². The van der Waals surface area contributed by atoms with E-state index in [1.165, 1.54) is 36.6 Å². The van der Waals surface area contributed by atoms with Crippen molar-refractivity contribution in [1.82, 2.24) is 4.90 Å². The Morgan fingerprint density at radius 3 is 1.85 bits per heavy atom. The molecule has 0 N–H and O–H groups in total. The predicted octanol–water partition coefficient (Wildman–Crippen LogP) is 10.3. The molecule has 1 aromatic rings. The fourth-order valence-electron chi connectivity index (χ4n) is 2.85. The highest BCUT2D eigenvalue weighted by atomic mass is 19.1. The summed E-state index contributed by atoms with van der Waals surface area (Å²) >= 11 is 0. The first kappa shape index (κ1) is 35.4. The molecule has 1 aliphatic heterocycles. The van der Waals surface area contributed by atoms with Crippen LogP contribution in [0, 0.1) is 18.6 Å². The lowest BCUT2D eigenvalue weighted by Gasteiger charge is -2.33. The van der Waals surface area contributed by atoms with Crippen molar-refractivity contribution in [3.63, 3.8) is 0 Å². The Kier molecular flexibility index (Phi) is 22.0. The normalized spacial score (nSPS) is 14.5. The SMILES string of the molecule is C/C=C(/C)C1C(C)=CC(c2ccc(F)c(C)c2F)=CN1C.C=C(C)CC.CC.CC.CCC. The molecule has 1 nitrogen and oxygen atoms in total. The second-order valence-corrected chi connectivity index (χ2v) is 7.63. The van der Waals surface area contributed by atoms with Gasteiger partial charge in [0.05, 0.1) is 6.04 Å². The Hall–Kier alpha value is -2.16. The number of hydrogen-bond donors (Lipinski definition) is 0. The second kappa shape index (κ2) is 20.4. The summed E-state index contributed by atoms with van der Waals surface area (Å²) in [5.74, 6) is -0.996. The van der Waals surface area contributed by atoms with Gasteiger partial charge in [-0.3, -0.25) is 0 Å². The predicted molar refractivity (Wildman–Crippen MR) is 148 cm³/mol. The van der Waals surface area contributed by atoms with E-state index >= 15 is 0 Å². The third-order valence-electron chi connectivity index (χ3n) is 4.69. The molecule has 0 radical (unpaired) electrons. The molecule has 0 fully saturated rings. The summed E-state index contributed by atoms with van der Waals surface area (Å²) in [6, 6.07) is 3.02. The van der Waals surface area contributed by atoms with Crippen LogP contribution in [0.1, 0.15) is 100 Å². The molecule has 0 bridgehead atoms. The zero-order valence-corrected chi connectivity index (χ0v) is 23.8. The van der Waals surface area contributed by atoms with Crippen LogP contribution >= 0.6 is 0 Å². The van der Waals surface area contributed by atoms with E-state index in [4.69, 9.17) is 0 Å². The van der Waals surface area contributed by atoms with Gasteiger partial charge in [0.2, 0.25) is 0 Å². The molecule has 0 amide bonds. The topological polar surface area (TPSA) is 3.24 Å². The van der Waals surface area contributed by atoms with E-state index in [0.717, 1.165) is 17.6 Å². The van der Waals surface area contributed by atoms with Gasteiger partial charge in [0.25, 0.3) is 0 Å². The number of halogens is 2. The van der Waals surface area contributed by atoms with Crippen molar-refractivity contribution in [2.24, 2.45) is 0 Å². The molecule has 1 heterocycles. The van der Waals surface area contributed by atoms with E-state index in [-0.39, 0.29) is 11.6 Å². The van der Waals surface area contributed by atoms with Crippen LogP contribution in [0.4, 0.5) is 8.78 Å². The van der Waals surface area contributed by atoms with E-state index < -0.39 is 11.6 Å². The van der Waals surface area contributed by atoms with Crippen molar-refractivity contribution in [3.8, 4) is 0 Å². The summed E-state index contributed by atoms with van der Waals surface area (Å²) in [5, 5.41) is 0. The molecule has 0 saturated carbocycles. The van der Waals surface area contributed by atoms with Crippen LogP contribution in [-0.2, 0) is 0 Å². The summed E-state index contributed by atoms with van der Waals surface area (Å²) < 4.78 is 27.7. The first-order valence-corrected chi connectivity index (χ1v) is 12.4. The maximum Gasteiger partial charge on any atom is 0.136 e. The Morgan fingerprint density at radius 1 is 1.03 bits per heavy atom. The van der Waals surface area contributed by atoms with Crippen LogP contribution in [0.15, 0.2) is 53.8 Å². The molecule has 1 aliphatic rings. The van der Waals surface area contributed by atoms with E-state index in [1.54, 1.807) is 0 Å². The van der Waals surface area contributed by atoms with Crippen LogP contribution < -0.4 is 0 Å². The minimum atomic E-state index is -0.510. The summed E-state index contributed by atoms with van der Waals surface area (Å²) in [4.78, 5) is 2.07. The molecule has 0 aromatic heterocycles. The van der Waals surface area contributed by atoms with E-state index in [2.05, 4.69) is 45.2 Å². The molecule has 33 heavy (non-hydrogen) atoms. The maximum absolute atomic E-state index is 14.3. The molecule has 2 rings (SSSR count). The highest BCUT2D eigenvalue weighted by molar-refractivity contribution is 5.77. The van der Waals surface area contributed by atoms with E-state index in [1.807, 2.05) is 67.8 Å². The Morgan fingerprint density at radius 2 is 1.48 bits per heavy atom. The number of allylic oxidation sites excluding steroid dienone is 4. The van der Waals surface area contributed by atoms with Gasteiger partial charge >= 0.3 is 0 Å². The minimum Gasteiger partial charge on any atom is -0.369 e. The zero-order valence-electron chi connectivity index (χ0n) is 23.8. The van der Waals surface area contributed by atoms with Gasteiger partial charge in [0, 0.05) is 29.9 Å². The van der Waals surface area contributed by atoms with Gasteiger partial charge in [0.1, 0.15) is 11.6 Å². The minimum absolute atomic E-state index is 0.0638. The largest absolute Gasteiger partial charge is 0.369 e. The number of hydrogen-bond acceptors (Lipinski definition) is 1. The summed E-state index contributed by atoms with van der Waals surface area (Å²) in [5.41, 5.74) is 4.93. The van der Waals surface area contributed by atoms with E-state index in [9.17, 15) is 8.78 Å². The first-order valence-electron chi connectivity index (χ1n) is 12.4. The molecular formula is C30H51F2N. The second-order valence-electron chi connectivity index (χ2n) is 7.63. The standard InChI is InChI=1S/C18H21F2N.C5H10.C3H8.2C2H6/c1-6-11(2)18-12(3)9-14(10-21(18)5)15-7-8-16(19)13(4)17(15)20;1-4-5(2)3;1-3-2;2*1-2/h6-10,18H,1-5H3;2,4H2,1,3H3;3H2,1-2H3;2*1-2H3/b11-6-;;;;. The number of benzene rings is 1. The van der Waals surface area contributed by atoms with E-state index in [0.29, 0.717) is 5.56 Å². The lowest BCUT2D eigenvalue weighted by Crippen LogP contribution is -2.31. The van der Waals surface area contributed by atoms with Crippen LogP contribution in [0.3, 0.4) is 0 Å². The van der Waals surface area contributed by atoms with Gasteiger partial charge in [-0.25, -0.2) is 8.78 Å². The molecule has 3 heteroatoms. The van der Waals surface area contributed by atoms with Gasteiger partial charge < -0.3 is 4.90 Å². The van der Waals surface area contributed by atoms with Gasteiger partial charge in [-0.15, -0.1) is 6.58 Å². The molecule has 0 aliphatic carbocycles. The number of nitrogens with zero attached hydrogens (tertiary/aromatic N) is 1. The third kappa shape index (κ3) is 12.6. The Labute approximate surface area is 205 Å². The van der Waals surface area contributed by atoms with Crippen LogP contribution in [0.25, 0.3) is 5.57 Å². The Bertz CT molecular complexity index is 770. The van der Waals surface area contributed by atoms with Crippen molar-refractivity contribution < 1.29 is 8.78 Å². The van der Waals surface area contributed by atoms with Crippen LogP contribution in [0.2, 0.25) is 0 Å². The Balaban J connectivity index is -0.000000632. The third-order valence-corrected chi connectivity index (χ3v) is 4.69. The fraction of sp³-hybridized carbons (Fsp3) is 0.533. The molecule has 0 saturated heterocycles. The fourth-order valence-corrected chi connectivity index (χ4v) is 2.85. The van der Waals surface area contributed by atoms with Crippen molar-refractivity contribution in [1.29, 1.82) is 0 Å². The van der Waals surface area contributed by atoms with Gasteiger partial charge in [-0.05, 0) is 58.7 Å². The number of likely N-dealkylation sites (N-methyl/N-ethyl adjacent to an activating group) is 1. The van der Waals surface area contributed by atoms with Crippen molar-refractivity contribution in [2.45, 2.75) is 102 Å². The molecule has 190 valence electrons. The van der Waals surface area contributed by atoms with Gasteiger partial charge in [0.15, 0.2) is 0 Å². The molecule has 0 spiro atoms. The first-order chi connectivity index (χ1) is 15.5. The molecule has 1 unspecified atom stereocenters. The highest BCUT2D eigenvalue weighted by Crippen LogP contribution is 2.31. The summed E-state index contributed by atoms with van der Waals surface area (Å²) in [7, 11) is 1.97. The zero-order chi connectivity index (χ0) is 26.7. The van der Waals surface area contributed by atoms with Crippen molar-refractivity contribution >= 4 is 5.57 Å². The summed E-state index contributed by atoms with van der Waals surface area (Å²) in [6.45, 7) is 27.6. The maximum atomic E-state index is 14.3. The summed E-state index contributed by atoms with van der Waals surface area (Å²) in [6.07, 6.45) is 8.34. The average Bonchev–Trinajstić information content (AvgIpc) is 2.80. The van der Waals surface area contributed by atoms with Crippen molar-refractivity contribution in [3.05, 3.63) is 76.5 Å². The monoisotopic (exact) mass is 463 g/mol. The van der Waals surface area contributed by atoms with Crippen molar-refractivity contribution in [2.75, 3.05) is 7.05 Å². The lowest BCUT2D eigenvalue weighted by atomic mass is 9.91. The smallest absolute Gasteiger partial charge is 0.136 e. The molecule has 1 aromatic carbocycles. The molecule has 1 atom stereocenters. The van der Waals surface area contributed by atoms with Gasteiger partial charge in [-0.2, -0.15) is 0 Å².